The van der Waals surface area contributed by atoms with Crippen molar-refractivity contribution in [3.05, 3.63) is 0 Å². The minimum Gasteiger partial charge on any atom is -0.354 e. The fourth-order valence-corrected chi connectivity index (χ4v) is 2.52. The molecule has 18 heavy (non-hydrogen) atoms. The second-order valence-corrected chi connectivity index (χ2v) is 6.13. The monoisotopic (exact) mass is 257 g/mol. The summed E-state index contributed by atoms with van der Waals surface area (Å²) in [7, 11) is 3.21. The molecule has 0 aliphatic carbocycles. The summed E-state index contributed by atoms with van der Waals surface area (Å²) in [4.78, 5) is 13.9. The lowest BCUT2D eigenvalue weighted by Crippen LogP contribution is -2.38. The van der Waals surface area contributed by atoms with E-state index in [9.17, 15) is 4.79 Å². The van der Waals surface area contributed by atoms with Crippen LogP contribution in [-0.4, -0.2) is 44.4 Å². The van der Waals surface area contributed by atoms with Crippen molar-refractivity contribution in [1.82, 2.24) is 4.90 Å². The number of carbonyl (C=O) groups is 1. The van der Waals surface area contributed by atoms with Gasteiger partial charge in [-0.3, -0.25) is 4.79 Å². The van der Waals surface area contributed by atoms with E-state index in [1.54, 1.807) is 14.2 Å². The van der Waals surface area contributed by atoms with Crippen molar-refractivity contribution in [3.63, 3.8) is 0 Å². The Morgan fingerprint density at radius 3 is 2.39 bits per heavy atom. The number of ether oxygens (including phenoxy) is 2. The number of hydrogen-bond acceptors (Lipinski definition) is 3. The number of rotatable bonds is 4. The number of carbonyl (C=O) groups excluding carboxylic acids is 1. The van der Waals surface area contributed by atoms with Crippen molar-refractivity contribution in [2.24, 2.45) is 11.3 Å². The van der Waals surface area contributed by atoms with Crippen LogP contribution in [0.1, 0.15) is 40.0 Å². The molecule has 0 aromatic rings. The lowest BCUT2D eigenvalue weighted by molar-refractivity contribution is -0.144. The lowest BCUT2D eigenvalue weighted by Gasteiger charge is -2.30. The van der Waals surface area contributed by atoms with Crippen LogP contribution in [0, 0.1) is 11.3 Å². The zero-order valence-electron chi connectivity index (χ0n) is 12.4. The fourth-order valence-electron chi connectivity index (χ4n) is 2.52. The molecule has 0 N–H and O–H groups in total. The highest BCUT2D eigenvalue weighted by molar-refractivity contribution is 5.76. The number of nitrogens with zero attached hydrogens (tertiary/aromatic N) is 1. The molecule has 0 bridgehead atoms. The van der Waals surface area contributed by atoms with E-state index < -0.39 is 0 Å². The second-order valence-electron chi connectivity index (χ2n) is 6.13. The molecule has 1 rings (SSSR count). The van der Waals surface area contributed by atoms with Gasteiger partial charge in [0.2, 0.25) is 5.91 Å². The third kappa shape index (κ3) is 4.25. The van der Waals surface area contributed by atoms with E-state index in [0.29, 0.717) is 18.9 Å². The Kier molecular flexibility index (Phi) is 5.60. The molecular weight excluding hydrogens is 230 g/mol. The number of hydrogen-bond donors (Lipinski definition) is 0. The highest BCUT2D eigenvalue weighted by Gasteiger charge is 2.30. The van der Waals surface area contributed by atoms with E-state index in [0.717, 1.165) is 19.4 Å². The van der Waals surface area contributed by atoms with Crippen molar-refractivity contribution >= 4 is 5.91 Å². The smallest absolute Gasteiger partial charge is 0.222 e. The van der Waals surface area contributed by atoms with Crippen molar-refractivity contribution < 1.29 is 14.3 Å². The Balaban J connectivity index is 2.59. The van der Waals surface area contributed by atoms with E-state index >= 15 is 0 Å². The largest absolute Gasteiger partial charge is 0.354 e. The van der Waals surface area contributed by atoms with Crippen LogP contribution in [0.25, 0.3) is 0 Å². The van der Waals surface area contributed by atoms with Crippen LogP contribution in [0.2, 0.25) is 0 Å². The van der Waals surface area contributed by atoms with E-state index in [2.05, 4.69) is 20.8 Å². The SMILES string of the molecule is COC(CN1CCC(C(C)(C)C)CCC1=O)OC. The number of amides is 1. The van der Waals surface area contributed by atoms with Gasteiger partial charge in [0.05, 0.1) is 6.54 Å². The summed E-state index contributed by atoms with van der Waals surface area (Å²) in [6.45, 7) is 8.10. The Morgan fingerprint density at radius 2 is 1.89 bits per heavy atom. The Morgan fingerprint density at radius 1 is 1.28 bits per heavy atom. The maximum Gasteiger partial charge on any atom is 0.222 e. The molecule has 0 aromatic heterocycles. The molecular formula is C14H27NO3. The van der Waals surface area contributed by atoms with Gasteiger partial charge in [0, 0.05) is 27.2 Å². The van der Waals surface area contributed by atoms with Gasteiger partial charge in [-0.25, -0.2) is 0 Å². The maximum absolute atomic E-state index is 12.1. The van der Waals surface area contributed by atoms with Gasteiger partial charge in [0.25, 0.3) is 0 Å². The predicted molar refractivity (Wildman–Crippen MR) is 71.2 cm³/mol. The van der Waals surface area contributed by atoms with Gasteiger partial charge < -0.3 is 14.4 Å². The van der Waals surface area contributed by atoms with Crippen LogP contribution in [0.3, 0.4) is 0 Å². The van der Waals surface area contributed by atoms with Crippen molar-refractivity contribution in [2.45, 2.75) is 46.3 Å². The predicted octanol–water partition coefficient (Wildman–Crippen LogP) is 2.28. The van der Waals surface area contributed by atoms with Crippen LogP contribution < -0.4 is 0 Å². The molecule has 1 fully saturated rings. The van der Waals surface area contributed by atoms with Gasteiger partial charge in [-0.1, -0.05) is 20.8 Å². The van der Waals surface area contributed by atoms with Crippen LogP contribution in [0.5, 0.6) is 0 Å². The Hall–Kier alpha value is -0.610. The molecule has 4 heteroatoms. The van der Waals surface area contributed by atoms with Gasteiger partial charge in [-0.05, 0) is 24.2 Å². The topological polar surface area (TPSA) is 38.8 Å². The molecule has 0 aromatic carbocycles. The first-order valence-corrected chi connectivity index (χ1v) is 6.72. The number of likely N-dealkylation sites (tertiary alicyclic amines) is 1. The first-order chi connectivity index (χ1) is 8.38. The first kappa shape index (κ1) is 15.4. The van der Waals surface area contributed by atoms with Gasteiger partial charge in [0.1, 0.15) is 0 Å². The molecule has 1 aliphatic heterocycles. The highest BCUT2D eigenvalue weighted by atomic mass is 16.7. The average Bonchev–Trinajstić information content (AvgIpc) is 2.48. The molecule has 1 aliphatic rings. The molecule has 1 saturated heterocycles. The molecule has 4 nitrogen and oxygen atoms in total. The zero-order chi connectivity index (χ0) is 13.8. The van der Waals surface area contributed by atoms with Crippen molar-refractivity contribution in [3.8, 4) is 0 Å². The van der Waals surface area contributed by atoms with Crippen LogP contribution in [0.15, 0.2) is 0 Å². The van der Waals surface area contributed by atoms with Gasteiger partial charge in [0.15, 0.2) is 6.29 Å². The summed E-state index contributed by atoms with van der Waals surface area (Å²) in [5.74, 6) is 0.829. The summed E-state index contributed by atoms with van der Waals surface area (Å²) < 4.78 is 10.3. The minimum absolute atomic E-state index is 0.223. The molecule has 0 radical (unpaired) electrons. The summed E-state index contributed by atoms with van der Waals surface area (Å²) in [5, 5.41) is 0. The summed E-state index contributed by atoms with van der Waals surface area (Å²) in [6.07, 6.45) is 2.38. The zero-order valence-corrected chi connectivity index (χ0v) is 12.4. The van der Waals surface area contributed by atoms with Crippen molar-refractivity contribution in [1.29, 1.82) is 0 Å². The van der Waals surface area contributed by atoms with E-state index in [4.69, 9.17) is 9.47 Å². The third-order valence-corrected chi connectivity index (χ3v) is 3.93. The Bertz CT molecular complexity index is 269. The Labute approximate surface area is 111 Å². The number of methoxy groups -OCH3 is 2. The van der Waals surface area contributed by atoms with Gasteiger partial charge >= 0.3 is 0 Å². The normalized spacial score (nSPS) is 22.4. The molecule has 0 saturated carbocycles. The molecule has 1 heterocycles. The minimum atomic E-state index is -0.319. The highest BCUT2D eigenvalue weighted by Crippen LogP contribution is 2.34. The van der Waals surface area contributed by atoms with Crippen LogP contribution in [0.4, 0.5) is 0 Å². The van der Waals surface area contributed by atoms with E-state index in [1.807, 2.05) is 4.90 Å². The average molecular weight is 257 g/mol. The maximum atomic E-state index is 12.1. The molecule has 106 valence electrons. The van der Waals surface area contributed by atoms with Crippen LogP contribution in [-0.2, 0) is 14.3 Å². The van der Waals surface area contributed by atoms with E-state index in [1.165, 1.54) is 0 Å². The summed E-state index contributed by atoms with van der Waals surface area (Å²) in [6, 6.07) is 0. The summed E-state index contributed by atoms with van der Waals surface area (Å²) in [5.41, 5.74) is 0.276. The molecule has 1 amide bonds. The van der Waals surface area contributed by atoms with E-state index in [-0.39, 0.29) is 17.6 Å². The molecule has 0 spiro atoms. The second kappa shape index (κ2) is 6.53. The lowest BCUT2D eigenvalue weighted by atomic mass is 9.77. The standard InChI is InChI=1S/C14H27NO3/c1-14(2,3)11-6-7-12(16)15(9-8-11)10-13(17-4)18-5/h11,13H,6-10H2,1-5H3. The first-order valence-electron chi connectivity index (χ1n) is 6.72. The van der Waals surface area contributed by atoms with Gasteiger partial charge in [-0.15, -0.1) is 0 Å². The van der Waals surface area contributed by atoms with Gasteiger partial charge in [-0.2, -0.15) is 0 Å². The van der Waals surface area contributed by atoms with Crippen molar-refractivity contribution in [2.75, 3.05) is 27.3 Å². The molecule has 1 atom stereocenters. The fraction of sp³-hybridized carbons (Fsp3) is 0.929. The molecule has 1 unspecified atom stereocenters. The quantitative estimate of drug-likeness (QED) is 0.725. The third-order valence-electron chi connectivity index (χ3n) is 3.93. The van der Waals surface area contributed by atoms with Crippen LogP contribution >= 0.6 is 0 Å². The summed E-state index contributed by atoms with van der Waals surface area (Å²) >= 11 is 0.